The van der Waals surface area contributed by atoms with Gasteiger partial charge in [-0.2, -0.15) is 0 Å². The molecule has 0 saturated carbocycles. The third-order valence-electron chi connectivity index (χ3n) is 14.2. The Morgan fingerprint density at radius 3 is 1.61 bits per heavy atom. The maximum Gasteiger partial charge on any atom is 0.263 e. The highest BCUT2D eigenvalue weighted by Gasteiger charge is 2.21. The van der Waals surface area contributed by atoms with Gasteiger partial charge in [0, 0.05) is 65.2 Å². The van der Waals surface area contributed by atoms with Gasteiger partial charge in [-0.1, -0.05) is 127 Å². The number of benzene rings is 10. The molecule has 5 heteroatoms. The monoisotopic (exact) mass is 841 g/mol. The van der Waals surface area contributed by atoms with Crippen molar-refractivity contribution in [2.45, 2.75) is 0 Å². The van der Waals surface area contributed by atoms with Crippen LogP contribution in [0.25, 0.3) is 137 Å². The molecule has 0 unspecified atom stereocenters. The van der Waals surface area contributed by atoms with E-state index in [1.54, 1.807) is 0 Å². The molecule has 0 radical (unpaired) electrons. The van der Waals surface area contributed by atoms with Crippen LogP contribution in [-0.2, 0) is 0 Å². The number of hydrogen-bond donors (Lipinski definition) is 0. The van der Waals surface area contributed by atoms with E-state index in [2.05, 4.69) is 203 Å². The molecule has 0 spiro atoms. The van der Waals surface area contributed by atoms with E-state index >= 15 is 0 Å². The van der Waals surface area contributed by atoms with E-state index in [-0.39, 0.29) is 5.56 Å². The molecule has 0 aliphatic heterocycles. The summed E-state index contributed by atoms with van der Waals surface area (Å²) in [6, 6.07) is 75.5. The summed E-state index contributed by atoms with van der Waals surface area (Å²) in [5, 5.41) is 11.9. The van der Waals surface area contributed by atoms with Gasteiger partial charge < -0.3 is 13.6 Å². The maximum absolute atomic E-state index is 14.3. The van der Waals surface area contributed by atoms with Gasteiger partial charge in [0.05, 0.1) is 33.1 Å². The number of fused-ring (bicyclic) bond motifs is 14. The van der Waals surface area contributed by atoms with E-state index in [0.29, 0.717) is 0 Å². The van der Waals surface area contributed by atoms with Crippen LogP contribution in [0.1, 0.15) is 0 Å². The second kappa shape index (κ2) is 13.1. The van der Waals surface area contributed by atoms with Gasteiger partial charge in [-0.25, -0.2) is 0 Å². The molecule has 0 atom stereocenters. The van der Waals surface area contributed by atoms with Crippen molar-refractivity contribution in [2.75, 3.05) is 0 Å². The van der Waals surface area contributed by atoms with Crippen LogP contribution in [-0.4, -0.2) is 13.5 Å². The quantitative estimate of drug-likeness (QED) is 0.166. The van der Waals surface area contributed by atoms with E-state index in [9.17, 15) is 4.79 Å². The zero-order chi connectivity index (χ0) is 43.2. The van der Waals surface area contributed by atoms with Gasteiger partial charge in [0.1, 0.15) is 11.2 Å². The van der Waals surface area contributed by atoms with E-state index in [0.717, 1.165) is 93.4 Å². The molecule has 0 aliphatic carbocycles. The first-order valence-corrected chi connectivity index (χ1v) is 22.5. The number of para-hydroxylation sites is 4. The summed E-state index contributed by atoms with van der Waals surface area (Å²) in [5.41, 5.74) is 14.9. The Morgan fingerprint density at radius 1 is 0.318 bits per heavy atom. The minimum absolute atomic E-state index is 0.00424. The standard InChI is InChI=1S/C61H35N3O2/c65-61-48-17-5-4-14-42(48)46-19-10-20-47-45-28-24-38(34-56(45)64(61)60(46)47)41-18-11-23-58-59(41)51-35-40(27-31-57(51)66-58)63-53-22-9-7-16-44(53)50-33-37(26-30-55(50)63)36-25-29-54-49(32-36)43-15-6-8-21-52(43)62(54)39-12-2-1-3-13-39/h1-35H. The number of nitrogens with zero attached hydrogens (tertiary/aromatic N) is 3. The van der Waals surface area contributed by atoms with E-state index in [4.69, 9.17) is 4.42 Å². The third-order valence-corrected chi connectivity index (χ3v) is 14.2. The van der Waals surface area contributed by atoms with Crippen molar-refractivity contribution >= 4 is 104 Å². The first-order valence-electron chi connectivity index (χ1n) is 22.5. The van der Waals surface area contributed by atoms with E-state index < -0.39 is 0 Å². The summed E-state index contributed by atoms with van der Waals surface area (Å²) in [4.78, 5) is 14.3. The molecule has 0 bridgehead atoms. The summed E-state index contributed by atoms with van der Waals surface area (Å²) < 4.78 is 13.3. The lowest BCUT2D eigenvalue weighted by Crippen LogP contribution is -2.12. The van der Waals surface area contributed by atoms with Gasteiger partial charge in [-0.05, 0) is 113 Å². The first-order chi connectivity index (χ1) is 32.7. The van der Waals surface area contributed by atoms with Crippen LogP contribution >= 0.6 is 0 Å². The maximum atomic E-state index is 14.3. The molecule has 5 aromatic heterocycles. The summed E-state index contributed by atoms with van der Waals surface area (Å²) in [7, 11) is 0. The molecule has 15 aromatic rings. The predicted octanol–water partition coefficient (Wildman–Crippen LogP) is 15.6. The minimum atomic E-state index is 0.00424. The summed E-state index contributed by atoms with van der Waals surface area (Å²) in [6.07, 6.45) is 0. The lowest BCUT2D eigenvalue weighted by atomic mass is 9.98. The number of furan rings is 1. The predicted molar refractivity (Wildman–Crippen MR) is 274 cm³/mol. The van der Waals surface area contributed by atoms with Gasteiger partial charge >= 0.3 is 0 Å². The Balaban J connectivity index is 0.898. The molecule has 5 heterocycles. The molecule has 0 N–H and O–H groups in total. The molecule has 0 aliphatic rings. The van der Waals surface area contributed by atoms with Gasteiger partial charge in [-0.3, -0.25) is 9.20 Å². The lowest BCUT2D eigenvalue weighted by molar-refractivity contribution is 0.669. The van der Waals surface area contributed by atoms with E-state index in [1.165, 1.54) is 43.7 Å². The van der Waals surface area contributed by atoms with Crippen molar-refractivity contribution in [3.63, 3.8) is 0 Å². The zero-order valence-corrected chi connectivity index (χ0v) is 35.4. The molecule has 0 amide bonds. The smallest absolute Gasteiger partial charge is 0.263 e. The van der Waals surface area contributed by atoms with Crippen LogP contribution in [0.2, 0.25) is 0 Å². The molecule has 0 saturated heterocycles. The van der Waals surface area contributed by atoms with Crippen molar-refractivity contribution in [1.82, 2.24) is 13.5 Å². The van der Waals surface area contributed by atoms with Crippen molar-refractivity contribution in [2.24, 2.45) is 0 Å². The van der Waals surface area contributed by atoms with Crippen molar-refractivity contribution in [1.29, 1.82) is 0 Å². The van der Waals surface area contributed by atoms with Gasteiger partial charge in [0.15, 0.2) is 0 Å². The fourth-order valence-electron chi connectivity index (χ4n) is 11.3. The largest absolute Gasteiger partial charge is 0.456 e. The summed E-state index contributed by atoms with van der Waals surface area (Å²) >= 11 is 0. The lowest BCUT2D eigenvalue weighted by Gasteiger charge is -2.10. The third kappa shape index (κ3) is 4.75. The topological polar surface area (TPSA) is 44.5 Å². The molecule has 5 nitrogen and oxygen atoms in total. The average molecular weight is 842 g/mol. The Labute approximate surface area is 376 Å². The number of aromatic nitrogens is 3. The highest BCUT2D eigenvalue weighted by Crippen LogP contribution is 2.43. The van der Waals surface area contributed by atoms with Gasteiger partial charge in [-0.15, -0.1) is 0 Å². The second-order valence-electron chi connectivity index (χ2n) is 17.6. The highest BCUT2D eigenvalue weighted by atomic mass is 16.3. The molecular weight excluding hydrogens is 807 g/mol. The van der Waals surface area contributed by atoms with Crippen LogP contribution in [0.4, 0.5) is 0 Å². The zero-order valence-electron chi connectivity index (χ0n) is 35.4. The van der Waals surface area contributed by atoms with Gasteiger partial charge in [0.2, 0.25) is 0 Å². The van der Waals surface area contributed by atoms with Crippen molar-refractivity contribution in [3.8, 4) is 33.6 Å². The van der Waals surface area contributed by atoms with Crippen LogP contribution in [0.3, 0.4) is 0 Å². The fraction of sp³-hybridized carbons (Fsp3) is 0. The Kier molecular flexibility index (Phi) is 7.03. The fourth-order valence-corrected chi connectivity index (χ4v) is 11.3. The SMILES string of the molecule is O=c1c2ccccc2c2cccc3c4ccc(-c5cccc6oc7ccc(-n8c9ccccc9c9cc(-c%10ccc%11c(c%10)c%10ccccc%10n%11-c%10ccccc%10)ccc98)cc7c56)cc4n1c23. The molecular formula is C61H35N3O2. The Hall–Kier alpha value is -8.93. The Bertz CT molecular complexity index is 4600. The van der Waals surface area contributed by atoms with Crippen LogP contribution < -0.4 is 5.56 Å². The van der Waals surface area contributed by atoms with Crippen LogP contribution in [0, 0.1) is 0 Å². The average Bonchev–Trinajstić information content (AvgIpc) is 4.12. The molecule has 66 heavy (non-hydrogen) atoms. The Morgan fingerprint density at radius 2 is 0.879 bits per heavy atom. The molecule has 10 aromatic carbocycles. The molecule has 15 rings (SSSR count). The van der Waals surface area contributed by atoms with Crippen molar-refractivity contribution < 1.29 is 4.42 Å². The summed E-state index contributed by atoms with van der Waals surface area (Å²) in [5.74, 6) is 0. The number of rotatable bonds is 4. The number of pyridine rings is 1. The molecule has 306 valence electrons. The van der Waals surface area contributed by atoms with Crippen LogP contribution in [0.5, 0.6) is 0 Å². The van der Waals surface area contributed by atoms with Crippen molar-refractivity contribution in [3.05, 3.63) is 223 Å². The number of hydrogen-bond acceptors (Lipinski definition) is 2. The minimum Gasteiger partial charge on any atom is -0.456 e. The van der Waals surface area contributed by atoms with Gasteiger partial charge in [0.25, 0.3) is 5.56 Å². The van der Waals surface area contributed by atoms with E-state index in [1.807, 2.05) is 22.6 Å². The van der Waals surface area contributed by atoms with Crippen LogP contribution in [0.15, 0.2) is 222 Å². The summed E-state index contributed by atoms with van der Waals surface area (Å²) in [6.45, 7) is 0. The molecule has 0 fully saturated rings. The second-order valence-corrected chi connectivity index (χ2v) is 17.6. The highest BCUT2D eigenvalue weighted by molar-refractivity contribution is 6.21. The first kappa shape index (κ1) is 35.5. The normalized spacial score (nSPS) is 12.3.